The van der Waals surface area contributed by atoms with Crippen LogP contribution in [-0.4, -0.2) is 40.0 Å². The molecule has 0 aliphatic carbocycles. The van der Waals surface area contributed by atoms with Crippen molar-refractivity contribution >= 4 is 28.4 Å². The summed E-state index contributed by atoms with van der Waals surface area (Å²) in [4.78, 5) is 31.7. The van der Waals surface area contributed by atoms with Gasteiger partial charge in [0.2, 0.25) is 0 Å². The monoisotopic (exact) mass is 453 g/mol. The Morgan fingerprint density at radius 1 is 0.912 bits per heavy atom. The highest BCUT2D eigenvalue weighted by Crippen LogP contribution is 2.19. The number of aliphatic hydroxyl groups excluding tert-OH is 1. The van der Waals surface area contributed by atoms with Gasteiger partial charge in [0, 0.05) is 11.1 Å². The van der Waals surface area contributed by atoms with Crippen LogP contribution < -0.4 is 4.74 Å². The van der Waals surface area contributed by atoms with E-state index in [1.165, 1.54) is 0 Å². The van der Waals surface area contributed by atoms with E-state index < -0.39 is 24.9 Å². The van der Waals surface area contributed by atoms with Gasteiger partial charge in [0.05, 0.1) is 11.0 Å². The summed E-state index contributed by atoms with van der Waals surface area (Å²) < 4.78 is 10.4. The highest BCUT2D eigenvalue weighted by atomic mass is 16.6. The molecule has 34 heavy (non-hydrogen) atoms. The van der Waals surface area contributed by atoms with Gasteiger partial charge in [-0.3, -0.25) is 4.79 Å². The third-order valence-electron chi connectivity index (χ3n) is 4.91. The van der Waals surface area contributed by atoms with E-state index >= 15 is 0 Å². The highest BCUT2D eigenvalue weighted by Gasteiger charge is 2.15. The van der Waals surface area contributed by atoms with E-state index in [0.717, 1.165) is 0 Å². The van der Waals surface area contributed by atoms with Crippen LogP contribution in [0.2, 0.25) is 0 Å². The third kappa shape index (κ3) is 5.11. The molecule has 0 saturated carbocycles. The van der Waals surface area contributed by atoms with E-state index in [2.05, 4.69) is 9.97 Å². The number of aromatic nitrogens is 2. The van der Waals surface area contributed by atoms with Crippen molar-refractivity contribution in [1.82, 2.24) is 9.97 Å². The number of benzene rings is 3. The van der Waals surface area contributed by atoms with Crippen LogP contribution in [0.3, 0.4) is 0 Å². The number of aromatic amines is 1. The van der Waals surface area contributed by atoms with E-state index in [9.17, 15) is 20.0 Å². The van der Waals surface area contributed by atoms with Crippen molar-refractivity contribution in [1.29, 1.82) is 5.26 Å². The molecule has 0 aliphatic rings. The van der Waals surface area contributed by atoms with Gasteiger partial charge in [-0.25, -0.2) is 9.78 Å². The maximum absolute atomic E-state index is 12.4. The van der Waals surface area contributed by atoms with Crippen LogP contribution in [0.1, 0.15) is 21.7 Å². The summed E-state index contributed by atoms with van der Waals surface area (Å²) >= 11 is 0. The number of carbonyl (C=O) groups is 2. The first-order valence-electron chi connectivity index (χ1n) is 10.3. The zero-order chi connectivity index (χ0) is 23.9. The van der Waals surface area contributed by atoms with Gasteiger partial charge in [-0.2, -0.15) is 5.26 Å². The summed E-state index contributed by atoms with van der Waals surface area (Å²) in [5.41, 5.74) is 2.29. The van der Waals surface area contributed by atoms with Crippen LogP contribution in [-0.2, 0) is 9.53 Å². The van der Waals surface area contributed by atoms with Crippen LogP contribution in [0, 0.1) is 11.3 Å². The fraction of sp³-hybridized carbons (Fsp3) is 0.0769. The molecule has 3 aromatic carbocycles. The second kappa shape index (κ2) is 10.1. The number of carbonyl (C=O) groups excluding carboxylic acids is 2. The van der Waals surface area contributed by atoms with Crippen LogP contribution in [0.5, 0.6) is 5.75 Å². The molecule has 168 valence electrons. The number of aliphatic hydroxyl groups is 1. The Hall–Kier alpha value is -4.90. The number of nitrogens with zero attached hydrogens (tertiary/aromatic N) is 2. The Bertz CT molecular complexity index is 1370. The Morgan fingerprint density at radius 3 is 2.29 bits per heavy atom. The molecule has 8 nitrogen and oxygen atoms in total. The smallest absolute Gasteiger partial charge is 0.344 e. The number of imidazole rings is 1. The van der Waals surface area contributed by atoms with E-state index in [1.54, 1.807) is 66.7 Å². The Kier molecular flexibility index (Phi) is 6.65. The second-order valence-electron chi connectivity index (χ2n) is 7.20. The number of ether oxygens (including phenoxy) is 2. The minimum Gasteiger partial charge on any atom is -0.507 e. The Labute approximate surface area is 194 Å². The molecule has 0 amide bonds. The van der Waals surface area contributed by atoms with Crippen molar-refractivity contribution in [2.45, 2.75) is 0 Å². The number of nitriles is 1. The van der Waals surface area contributed by atoms with Gasteiger partial charge in [-0.15, -0.1) is 0 Å². The molecular formula is C26H19N3O5. The lowest BCUT2D eigenvalue weighted by Crippen LogP contribution is -2.16. The second-order valence-corrected chi connectivity index (χ2v) is 7.20. The van der Waals surface area contributed by atoms with Gasteiger partial charge in [0.1, 0.15) is 24.0 Å². The minimum absolute atomic E-state index is 0.119. The van der Waals surface area contributed by atoms with Crippen LogP contribution in [0.15, 0.2) is 84.6 Å². The maximum atomic E-state index is 12.4. The predicted molar refractivity (Wildman–Crippen MR) is 124 cm³/mol. The molecule has 0 bridgehead atoms. The van der Waals surface area contributed by atoms with E-state index in [0.29, 0.717) is 27.9 Å². The zero-order valence-electron chi connectivity index (χ0n) is 17.9. The summed E-state index contributed by atoms with van der Waals surface area (Å²) in [5.74, 6) is -0.733. The van der Waals surface area contributed by atoms with Crippen molar-refractivity contribution in [3.8, 4) is 11.8 Å². The Morgan fingerprint density at radius 2 is 1.59 bits per heavy atom. The molecule has 4 aromatic rings. The molecule has 0 aliphatic heterocycles. The van der Waals surface area contributed by atoms with Gasteiger partial charge >= 0.3 is 5.97 Å². The van der Waals surface area contributed by atoms with E-state index in [-0.39, 0.29) is 17.2 Å². The summed E-state index contributed by atoms with van der Waals surface area (Å²) in [5, 5.41) is 19.7. The number of fused-ring (bicyclic) bond motifs is 1. The zero-order valence-corrected chi connectivity index (χ0v) is 17.9. The summed E-state index contributed by atoms with van der Waals surface area (Å²) in [6.45, 7) is -0.918. The predicted octanol–water partition coefficient (Wildman–Crippen LogP) is 4.21. The van der Waals surface area contributed by atoms with Gasteiger partial charge in [-0.1, -0.05) is 42.5 Å². The van der Waals surface area contributed by atoms with Crippen molar-refractivity contribution in [3.63, 3.8) is 0 Å². The number of ketones is 1. The first kappa shape index (κ1) is 22.3. The van der Waals surface area contributed by atoms with Crippen LogP contribution >= 0.6 is 0 Å². The normalized spacial score (nSPS) is 11.4. The molecule has 0 unspecified atom stereocenters. The summed E-state index contributed by atoms with van der Waals surface area (Å²) in [7, 11) is 0. The van der Waals surface area contributed by atoms with Crippen molar-refractivity contribution in [3.05, 3.63) is 102 Å². The summed E-state index contributed by atoms with van der Waals surface area (Å²) in [6, 6.07) is 24.3. The van der Waals surface area contributed by atoms with Gasteiger partial charge in [0.25, 0.3) is 0 Å². The summed E-state index contributed by atoms with van der Waals surface area (Å²) in [6.07, 6.45) is 0. The third-order valence-corrected chi connectivity index (χ3v) is 4.91. The number of rotatable bonds is 8. The van der Waals surface area contributed by atoms with Gasteiger partial charge in [0.15, 0.2) is 24.0 Å². The highest BCUT2D eigenvalue weighted by molar-refractivity contribution is 6.09. The van der Waals surface area contributed by atoms with Gasteiger partial charge in [-0.05, 0) is 36.4 Å². The van der Waals surface area contributed by atoms with E-state index in [1.807, 2.05) is 18.2 Å². The average molecular weight is 453 g/mol. The molecule has 8 heteroatoms. The van der Waals surface area contributed by atoms with Crippen molar-refractivity contribution < 1.29 is 24.2 Å². The van der Waals surface area contributed by atoms with Crippen molar-refractivity contribution in [2.75, 3.05) is 13.2 Å². The SMILES string of the molecule is N#CC(=C(O)COC(=O)COc1ccc(C(=O)c2ccccc2)cc1)c1nc2ccccc2[nH]1. The number of hydrogen-bond donors (Lipinski definition) is 2. The minimum atomic E-state index is -0.738. The maximum Gasteiger partial charge on any atom is 0.344 e. The van der Waals surface area contributed by atoms with Gasteiger partial charge < -0.3 is 19.6 Å². The molecule has 1 heterocycles. The lowest BCUT2D eigenvalue weighted by molar-refractivity contribution is -0.145. The average Bonchev–Trinajstić information content (AvgIpc) is 3.31. The fourth-order valence-electron chi connectivity index (χ4n) is 3.19. The number of hydrogen-bond acceptors (Lipinski definition) is 7. The Balaban J connectivity index is 1.32. The molecule has 0 radical (unpaired) electrons. The first-order chi connectivity index (χ1) is 16.5. The first-order valence-corrected chi connectivity index (χ1v) is 10.3. The number of H-pyrrole nitrogens is 1. The van der Waals surface area contributed by atoms with Crippen LogP contribution in [0.4, 0.5) is 0 Å². The van der Waals surface area contributed by atoms with Crippen molar-refractivity contribution in [2.24, 2.45) is 0 Å². The molecule has 1 aromatic heterocycles. The molecule has 2 N–H and O–H groups in total. The number of nitrogens with one attached hydrogen (secondary N) is 1. The molecular weight excluding hydrogens is 434 g/mol. The molecule has 0 spiro atoms. The number of esters is 1. The number of allylic oxidation sites excluding steroid dienone is 1. The van der Waals surface area contributed by atoms with E-state index in [4.69, 9.17) is 9.47 Å². The molecule has 4 rings (SSSR count). The fourth-order valence-corrected chi connectivity index (χ4v) is 3.19. The number of para-hydroxylation sites is 2. The lowest BCUT2D eigenvalue weighted by Gasteiger charge is -2.08. The molecule has 0 atom stereocenters. The molecule has 0 saturated heterocycles. The topological polar surface area (TPSA) is 125 Å². The molecule has 0 fully saturated rings. The standard InChI is InChI=1S/C26H19N3O5/c27-14-20(26-28-21-8-4-5-9-22(21)29-26)23(30)15-34-24(31)16-33-19-12-10-18(11-13-19)25(32)17-6-2-1-3-7-17/h1-13,30H,15-16H2,(H,28,29). The lowest BCUT2D eigenvalue weighted by atomic mass is 10.0. The quantitative estimate of drug-likeness (QED) is 0.177. The largest absolute Gasteiger partial charge is 0.507 e. The van der Waals surface area contributed by atoms with Crippen LogP contribution in [0.25, 0.3) is 16.6 Å².